The Bertz CT molecular complexity index is 1700. The number of pyridine rings is 1. The minimum absolute atomic E-state index is 0.196. The summed E-state index contributed by atoms with van der Waals surface area (Å²) < 4.78 is 11.0. The van der Waals surface area contributed by atoms with Crippen molar-refractivity contribution < 1.29 is 23.9 Å². The van der Waals surface area contributed by atoms with E-state index in [-0.39, 0.29) is 18.4 Å². The van der Waals surface area contributed by atoms with Crippen LogP contribution < -0.4 is 20.7 Å². The number of hydrogen-bond donors (Lipinski definition) is 3. The van der Waals surface area contributed by atoms with E-state index in [1.54, 1.807) is 6.07 Å². The largest absolute Gasteiger partial charge is 0.494 e. The number of nitrogens with one attached hydrogen (secondary N) is 3. The fraction of sp³-hybridized carbons (Fsp3) is 0.400. The van der Waals surface area contributed by atoms with E-state index in [1.165, 1.54) is 6.42 Å². The van der Waals surface area contributed by atoms with E-state index in [0.717, 1.165) is 42.7 Å². The van der Waals surface area contributed by atoms with Gasteiger partial charge in [-0.15, -0.1) is 0 Å². The molecule has 1 aliphatic heterocycles. The van der Waals surface area contributed by atoms with Gasteiger partial charge in [-0.2, -0.15) is 0 Å². The zero-order valence-corrected chi connectivity index (χ0v) is 29.2. The first-order valence-corrected chi connectivity index (χ1v) is 17.8. The van der Waals surface area contributed by atoms with Gasteiger partial charge in [0, 0.05) is 30.1 Å². The summed E-state index contributed by atoms with van der Waals surface area (Å²) in [5.74, 6) is 0.226. The van der Waals surface area contributed by atoms with Crippen LogP contribution in [0, 0.1) is 0 Å². The third-order valence-electron chi connectivity index (χ3n) is 9.06. The van der Waals surface area contributed by atoms with Crippen molar-refractivity contribution >= 4 is 28.8 Å². The number of carbonyl (C=O) groups excluding carboxylic acids is 3. The molecule has 10 nitrogen and oxygen atoms in total. The zero-order chi connectivity index (χ0) is 35.1. The average Bonchev–Trinajstić information content (AvgIpc) is 3.56. The van der Waals surface area contributed by atoms with E-state index in [1.807, 2.05) is 78.9 Å². The first-order valence-electron chi connectivity index (χ1n) is 17.8. The van der Waals surface area contributed by atoms with Gasteiger partial charge < -0.3 is 30.3 Å². The molecule has 0 aliphatic carbocycles. The van der Waals surface area contributed by atoms with E-state index in [4.69, 9.17) is 14.5 Å². The van der Waals surface area contributed by atoms with Crippen LogP contribution in [0.4, 0.5) is 4.79 Å². The Balaban J connectivity index is 1.24. The Morgan fingerprint density at radius 1 is 0.940 bits per heavy atom. The van der Waals surface area contributed by atoms with Crippen LogP contribution in [0.2, 0.25) is 0 Å². The molecule has 0 saturated carbocycles. The minimum atomic E-state index is -0.751. The fourth-order valence-corrected chi connectivity index (χ4v) is 6.23. The summed E-state index contributed by atoms with van der Waals surface area (Å²) in [5.41, 5.74) is 3.56. The Morgan fingerprint density at radius 3 is 2.48 bits per heavy atom. The topological polar surface area (TPSA) is 122 Å². The molecule has 264 valence electrons. The first-order chi connectivity index (χ1) is 24.4. The maximum atomic E-state index is 14.0. The number of alkyl carbamates (subject to hydrolysis) is 1. The van der Waals surface area contributed by atoms with Gasteiger partial charge in [0.2, 0.25) is 5.91 Å². The highest BCUT2D eigenvalue weighted by Crippen LogP contribution is 2.27. The third kappa shape index (κ3) is 10.5. The van der Waals surface area contributed by atoms with Crippen molar-refractivity contribution in [3.8, 4) is 17.0 Å². The number of carbonyl (C=O) groups is 3. The molecule has 5 rings (SSSR count). The molecule has 3 N–H and O–H groups in total. The number of fused-ring (bicyclic) bond motifs is 1. The highest BCUT2D eigenvalue weighted by molar-refractivity contribution is 6.08. The Morgan fingerprint density at radius 2 is 1.72 bits per heavy atom. The van der Waals surface area contributed by atoms with Crippen molar-refractivity contribution in [1.82, 2.24) is 25.8 Å². The van der Waals surface area contributed by atoms with Crippen molar-refractivity contribution in [1.29, 1.82) is 0 Å². The molecule has 0 radical (unpaired) electrons. The lowest BCUT2D eigenvalue weighted by atomic mass is 10.0. The molecular weight excluding hydrogens is 630 g/mol. The van der Waals surface area contributed by atoms with Crippen molar-refractivity contribution in [2.75, 3.05) is 33.3 Å². The van der Waals surface area contributed by atoms with Crippen LogP contribution >= 0.6 is 0 Å². The molecule has 1 aliphatic rings. The van der Waals surface area contributed by atoms with Gasteiger partial charge in [0.25, 0.3) is 5.91 Å². The van der Waals surface area contributed by atoms with Crippen molar-refractivity contribution in [2.24, 2.45) is 0 Å². The van der Waals surface area contributed by atoms with Gasteiger partial charge in [-0.05, 0) is 100 Å². The number of aromatic nitrogens is 1. The highest BCUT2D eigenvalue weighted by atomic mass is 16.5. The van der Waals surface area contributed by atoms with E-state index >= 15 is 0 Å². The van der Waals surface area contributed by atoms with Crippen LogP contribution in [0.15, 0.2) is 84.9 Å². The van der Waals surface area contributed by atoms with Crippen LogP contribution in [0.1, 0.15) is 67.8 Å². The summed E-state index contributed by atoms with van der Waals surface area (Å²) >= 11 is 0. The number of ether oxygens (including phenoxy) is 2. The molecule has 2 unspecified atom stereocenters. The second-order valence-corrected chi connectivity index (χ2v) is 12.8. The lowest BCUT2D eigenvalue weighted by Gasteiger charge is -2.22. The molecule has 0 spiro atoms. The van der Waals surface area contributed by atoms with E-state index < -0.39 is 12.1 Å². The van der Waals surface area contributed by atoms with Gasteiger partial charge in [0.1, 0.15) is 18.4 Å². The minimum Gasteiger partial charge on any atom is -0.494 e. The molecule has 4 aromatic rings. The number of likely N-dealkylation sites (tertiary alicyclic amines) is 1. The van der Waals surface area contributed by atoms with Crippen LogP contribution in [-0.4, -0.2) is 73.2 Å². The predicted molar refractivity (Wildman–Crippen MR) is 196 cm³/mol. The summed E-state index contributed by atoms with van der Waals surface area (Å²) in [6.45, 7) is 4.90. The molecule has 1 fully saturated rings. The van der Waals surface area contributed by atoms with Gasteiger partial charge in [-0.1, -0.05) is 55.5 Å². The molecule has 1 aromatic heterocycles. The first kappa shape index (κ1) is 36.3. The smallest absolute Gasteiger partial charge is 0.407 e. The van der Waals surface area contributed by atoms with Crippen LogP contribution in [0.5, 0.6) is 5.75 Å². The van der Waals surface area contributed by atoms with Crippen LogP contribution in [0.25, 0.3) is 22.2 Å². The molecule has 0 bridgehead atoms. The van der Waals surface area contributed by atoms with E-state index in [2.05, 4.69) is 34.8 Å². The second-order valence-electron chi connectivity index (χ2n) is 12.8. The monoisotopic (exact) mass is 679 g/mol. The van der Waals surface area contributed by atoms with Gasteiger partial charge in [0.05, 0.1) is 23.4 Å². The fourth-order valence-electron chi connectivity index (χ4n) is 6.23. The van der Waals surface area contributed by atoms with Crippen LogP contribution in [-0.2, 0) is 16.1 Å². The molecule has 2 atom stereocenters. The number of hydrogen-bond acceptors (Lipinski definition) is 7. The summed E-state index contributed by atoms with van der Waals surface area (Å²) in [6.07, 6.45) is 5.22. The van der Waals surface area contributed by atoms with Gasteiger partial charge >= 0.3 is 6.09 Å². The van der Waals surface area contributed by atoms with Crippen LogP contribution in [0.3, 0.4) is 0 Å². The molecule has 2 heterocycles. The number of rotatable bonds is 17. The maximum absolute atomic E-state index is 14.0. The highest BCUT2D eigenvalue weighted by Gasteiger charge is 2.25. The third-order valence-corrected chi connectivity index (χ3v) is 9.06. The number of nitrogens with zero attached hydrogens (tertiary/aromatic N) is 2. The van der Waals surface area contributed by atoms with Crippen molar-refractivity contribution in [3.63, 3.8) is 0 Å². The lowest BCUT2D eigenvalue weighted by molar-refractivity contribution is -0.123. The molecular formula is C40H49N5O5. The molecule has 10 heteroatoms. The molecule has 50 heavy (non-hydrogen) atoms. The summed E-state index contributed by atoms with van der Waals surface area (Å²) in [6, 6.07) is 26.2. The molecule has 1 saturated heterocycles. The summed E-state index contributed by atoms with van der Waals surface area (Å²) in [7, 11) is 2.12. The van der Waals surface area contributed by atoms with Crippen molar-refractivity contribution in [3.05, 3.63) is 96.1 Å². The number of unbranched alkanes of at least 4 members (excludes halogenated alkanes) is 1. The standard InChI is InChI=1S/C40H49N5O5/c1-3-26-49-32-20-18-30(19-21-32)37-27-34(33-15-7-8-16-35(33)43-37)38(46)44-36(39(47)41-24-22-31-14-11-25-45(31)2)17-9-10-23-42-40(48)50-28-29-12-5-4-6-13-29/h4-8,12-13,15-16,18-21,27,31,36H,3,9-11,14,17,22-26,28H2,1-2H3,(H,41,47)(H,42,48)(H,44,46). The predicted octanol–water partition coefficient (Wildman–Crippen LogP) is 6.49. The maximum Gasteiger partial charge on any atom is 0.407 e. The van der Waals surface area contributed by atoms with Gasteiger partial charge in [-0.3, -0.25) is 9.59 Å². The molecule has 3 amide bonds. The Kier molecular flexibility index (Phi) is 13.6. The van der Waals surface area contributed by atoms with E-state index in [9.17, 15) is 14.4 Å². The SMILES string of the molecule is CCCOc1ccc(-c2cc(C(=O)NC(CCCCNC(=O)OCc3ccccc3)C(=O)NCCC3CCCN3C)c3ccccc3n2)cc1. The van der Waals surface area contributed by atoms with Crippen molar-refractivity contribution in [2.45, 2.75) is 70.6 Å². The van der Waals surface area contributed by atoms with Gasteiger partial charge in [-0.25, -0.2) is 9.78 Å². The Labute approximate surface area is 294 Å². The molecule has 3 aromatic carbocycles. The lowest BCUT2D eigenvalue weighted by Crippen LogP contribution is -2.47. The van der Waals surface area contributed by atoms with E-state index in [0.29, 0.717) is 67.2 Å². The second kappa shape index (κ2) is 18.7. The average molecular weight is 680 g/mol. The summed E-state index contributed by atoms with van der Waals surface area (Å²) in [4.78, 5) is 46.9. The summed E-state index contributed by atoms with van der Waals surface area (Å²) in [5, 5.41) is 9.60. The number of para-hydroxylation sites is 1. The normalized spacial score (nSPS) is 15.0. The zero-order valence-electron chi connectivity index (χ0n) is 29.2. The Hall–Kier alpha value is -4.96. The quantitative estimate of drug-likeness (QED) is 0.109. The number of benzene rings is 3. The van der Waals surface area contributed by atoms with Gasteiger partial charge in [0.15, 0.2) is 0 Å². The number of amides is 3.